The summed E-state index contributed by atoms with van der Waals surface area (Å²) in [5, 5.41) is 10.1. The maximum atomic E-state index is 10.1. The maximum absolute atomic E-state index is 10.1. The molecule has 1 aliphatic heterocycles. The summed E-state index contributed by atoms with van der Waals surface area (Å²) in [6.07, 6.45) is 2.52. The van der Waals surface area contributed by atoms with Gasteiger partial charge in [0.15, 0.2) is 0 Å². The van der Waals surface area contributed by atoms with E-state index >= 15 is 0 Å². The Kier molecular flexibility index (Phi) is 4.12. The second-order valence-electron chi connectivity index (χ2n) is 5.16. The van der Waals surface area contributed by atoms with Gasteiger partial charge in [-0.15, -0.1) is 0 Å². The largest absolute Gasteiger partial charge is 0.507 e. The zero-order valence-corrected chi connectivity index (χ0v) is 11.5. The van der Waals surface area contributed by atoms with Crippen LogP contribution >= 0.6 is 0 Å². The molecule has 0 amide bonds. The molecule has 1 aromatic rings. The molecule has 2 rings (SSSR count). The van der Waals surface area contributed by atoms with Crippen LogP contribution in [0, 0.1) is 5.92 Å². The standard InChI is InChI=1S/C15H23NO2/c1-4-12-7-8-16(10-12)11(2)14-6-5-13(18-3)9-15(14)17/h5-6,9,11-12,17H,4,7-8,10H2,1-3H3. The minimum absolute atomic E-state index is 0.271. The van der Waals surface area contributed by atoms with Crippen molar-refractivity contribution in [2.24, 2.45) is 5.92 Å². The van der Waals surface area contributed by atoms with Gasteiger partial charge in [-0.05, 0) is 31.9 Å². The Morgan fingerprint density at radius 3 is 2.83 bits per heavy atom. The van der Waals surface area contributed by atoms with Crippen molar-refractivity contribution < 1.29 is 9.84 Å². The minimum Gasteiger partial charge on any atom is -0.507 e. The number of hydrogen-bond acceptors (Lipinski definition) is 3. The van der Waals surface area contributed by atoms with E-state index in [9.17, 15) is 5.11 Å². The van der Waals surface area contributed by atoms with Crippen molar-refractivity contribution in [2.45, 2.75) is 32.7 Å². The van der Waals surface area contributed by atoms with Crippen LogP contribution in [0.1, 0.15) is 38.3 Å². The summed E-state index contributed by atoms with van der Waals surface area (Å²) in [4.78, 5) is 2.45. The number of benzene rings is 1. The summed E-state index contributed by atoms with van der Waals surface area (Å²) in [7, 11) is 1.62. The van der Waals surface area contributed by atoms with Crippen LogP contribution < -0.4 is 4.74 Å². The molecule has 3 nitrogen and oxygen atoms in total. The number of phenolic OH excluding ortho intramolecular Hbond substituents is 1. The molecule has 2 atom stereocenters. The zero-order valence-electron chi connectivity index (χ0n) is 11.5. The van der Waals surface area contributed by atoms with Crippen LogP contribution in [0.4, 0.5) is 0 Å². The van der Waals surface area contributed by atoms with Crippen molar-refractivity contribution >= 4 is 0 Å². The minimum atomic E-state index is 0.271. The van der Waals surface area contributed by atoms with Crippen LogP contribution in [-0.2, 0) is 0 Å². The number of aromatic hydroxyl groups is 1. The number of phenols is 1. The quantitative estimate of drug-likeness (QED) is 0.889. The molecule has 0 spiro atoms. The Labute approximate surface area is 109 Å². The summed E-state index contributed by atoms with van der Waals surface area (Å²) < 4.78 is 5.12. The number of nitrogens with zero attached hydrogens (tertiary/aromatic N) is 1. The first kappa shape index (κ1) is 13.2. The van der Waals surface area contributed by atoms with Gasteiger partial charge in [-0.1, -0.05) is 19.4 Å². The van der Waals surface area contributed by atoms with Crippen molar-refractivity contribution in [2.75, 3.05) is 20.2 Å². The van der Waals surface area contributed by atoms with Gasteiger partial charge in [-0.3, -0.25) is 4.90 Å². The maximum Gasteiger partial charge on any atom is 0.124 e. The Morgan fingerprint density at radius 1 is 1.50 bits per heavy atom. The highest BCUT2D eigenvalue weighted by atomic mass is 16.5. The molecule has 2 unspecified atom stereocenters. The molecule has 3 heteroatoms. The second-order valence-corrected chi connectivity index (χ2v) is 5.16. The number of methoxy groups -OCH3 is 1. The van der Waals surface area contributed by atoms with Crippen LogP contribution in [0.5, 0.6) is 11.5 Å². The van der Waals surface area contributed by atoms with Gasteiger partial charge in [0.05, 0.1) is 7.11 Å². The Hall–Kier alpha value is -1.22. The van der Waals surface area contributed by atoms with Gasteiger partial charge in [0, 0.05) is 24.2 Å². The second kappa shape index (κ2) is 5.61. The molecule has 0 saturated carbocycles. The van der Waals surface area contributed by atoms with Crippen molar-refractivity contribution in [3.63, 3.8) is 0 Å². The molecule has 0 bridgehead atoms. The van der Waals surface area contributed by atoms with E-state index in [-0.39, 0.29) is 6.04 Å². The van der Waals surface area contributed by atoms with E-state index in [1.54, 1.807) is 13.2 Å². The highest BCUT2D eigenvalue weighted by molar-refractivity contribution is 5.41. The van der Waals surface area contributed by atoms with E-state index in [1.165, 1.54) is 12.8 Å². The fraction of sp³-hybridized carbons (Fsp3) is 0.600. The van der Waals surface area contributed by atoms with Crippen LogP contribution in [0.25, 0.3) is 0 Å². The topological polar surface area (TPSA) is 32.7 Å². The Balaban J connectivity index is 2.11. The average molecular weight is 249 g/mol. The lowest BCUT2D eigenvalue weighted by Gasteiger charge is -2.25. The molecule has 1 aliphatic rings. The fourth-order valence-electron chi connectivity index (χ4n) is 2.75. The monoisotopic (exact) mass is 249 g/mol. The van der Waals surface area contributed by atoms with Crippen molar-refractivity contribution in [3.8, 4) is 11.5 Å². The van der Waals surface area contributed by atoms with Gasteiger partial charge in [0.2, 0.25) is 0 Å². The third-order valence-corrected chi connectivity index (χ3v) is 4.13. The molecule has 1 saturated heterocycles. The van der Waals surface area contributed by atoms with Gasteiger partial charge >= 0.3 is 0 Å². The molecule has 1 heterocycles. The van der Waals surface area contributed by atoms with Gasteiger partial charge in [0.1, 0.15) is 11.5 Å². The summed E-state index contributed by atoms with van der Waals surface area (Å²) in [6.45, 7) is 6.69. The molecule has 1 fully saturated rings. The molecule has 0 radical (unpaired) electrons. The van der Waals surface area contributed by atoms with E-state index in [0.717, 1.165) is 24.6 Å². The highest BCUT2D eigenvalue weighted by Gasteiger charge is 2.26. The van der Waals surface area contributed by atoms with Crippen LogP contribution in [-0.4, -0.2) is 30.2 Å². The van der Waals surface area contributed by atoms with Gasteiger partial charge in [-0.25, -0.2) is 0 Å². The third-order valence-electron chi connectivity index (χ3n) is 4.13. The lowest BCUT2D eigenvalue weighted by molar-refractivity contribution is 0.246. The fourth-order valence-corrected chi connectivity index (χ4v) is 2.75. The summed E-state index contributed by atoms with van der Waals surface area (Å²) in [6, 6.07) is 5.85. The van der Waals surface area contributed by atoms with Crippen molar-refractivity contribution in [1.29, 1.82) is 0 Å². The molecule has 1 N–H and O–H groups in total. The average Bonchev–Trinajstić information content (AvgIpc) is 2.86. The number of rotatable bonds is 4. The lowest BCUT2D eigenvalue weighted by Crippen LogP contribution is -2.24. The smallest absolute Gasteiger partial charge is 0.124 e. The predicted octanol–water partition coefficient (Wildman–Crippen LogP) is 3.19. The number of ether oxygens (including phenoxy) is 1. The molecular formula is C15H23NO2. The highest BCUT2D eigenvalue weighted by Crippen LogP contribution is 2.34. The van der Waals surface area contributed by atoms with Gasteiger partial charge < -0.3 is 9.84 Å². The molecule has 1 aromatic carbocycles. The Morgan fingerprint density at radius 2 is 2.28 bits per heavy atom. The predicted molar refractivity (Wildman–Crippen MR) is 73.0 cm³/mol. The molecular weight excluding hydrogens is 226 g/mol. The van der Waals surface area contributed by atoms with Crippen LogP contribution in [0.3, 0.4) is 0 Å². The first-order chi connectivity index (χ1) is 8.65. The summed E-state index contributed by atoms with van der Waals surface area (Å²) in [5.74, 6) is 1.85. The summed E-state index contributed by atoms with van der Waals surface area (Å²) in [5.41, 5.74) is 0.993. The van der Waals surface area contributed by atoms with Gasteiger partial charge in [-0.2, -0.15) is 0 Å². The molecule has 100 valence electrons. The zero-order chi connectivity index (χ0) is 13.1. The number of likely N-dealkylation sites (tertiary alicyclic amines) is 1. The van der Waals surface area contributed by atoms with Crippen LogP contribution in [0.15, 0.2) is 18.2 Å². The van der Waals surface area contributed by atoms with Crippen LogP contribution in [0.2, 0.25) is 0 Å². The van der Waals surface area contributed by atoms with E-state index in [4.69, 9.17) is 4.74 Å². The normalized spacial score (nSPS) is 22.1. The van der Waals surface area contributed by atoms with E-state index in [1.807, 2.05) is 12.1 Å². The first-order valence-corrected chi connectivity index (χ1v) is 6.76. The third kappa shape index (κ3) is 2.61. The molecule has 0 aliphatic carbocycles. The van der Waals surface area contributed by atoms with E-state index in [2.05, 4.69) is 18.7 Å². The van der Waals surface area contributed by atoms with Crippen molar-refractivity contribution in [3.05, 3.63) is 23.8 Å². The first-order valence-electron chi connectivity index (χ1n) is 6.76. The SMILES string of the molecule is CCC1CCN(C(C)c2ccc(OC)cc2O)C1. The summed E-state index contributed by atoms with van der Waals surface area (Å²) >= 11 is 0. The molecule has 18 heavy (non-hydrogen) atoms. The van der Waals surface area contributed by atoms with Crippen molar-refractivity contribution in [1.82, 2.24) is 4.90 Å². The molecule has 0 aromatic heterocycles. The van der Waals surface area contributed by atoms with E-state index in [0.29, 0.717) is 11.5 Å². The van der Waals surface area contributed by atoms with E-state index < -0.39 is 0 Å². The van der Waals surface area contributed by atoms with Gasteiger partial charge in [0.25, 0.3) is 0 Å². The number of hydrogen-bond donors (Lipinski definition) is 1. The Bertz CT molecular complexity index is 405. The lowest BCUT2D eigenvalue weighted by atomic mass is 10.0.